The quantitative estimate of drug-likeness (QED) is 0.00901. The maximum absolute atomic E-state index is 14.9. The van der Waals surface area contributed by atoms with Crippen molar-refractivity contribution in [2.24, 2.45) is 17.2 Å². The fourth-order valence-corrected chi connectivity index (χ4v) is 9.77. The van der Waals surface area contributed by atoms with Crippen molar-refractivity contribution in [2.45, 2.75) is 126 Å². The average Bonchev–Trinajstić information content (AvgIpc) is 1.08. The van der Waals surface area contributed by atoms with Crippen molar-refractivity contribution < 1.29 is 57.8 Å². The standard InChI is InChI=1S/C62H85N17O12S2/c1-36(52(83)78-49(34-92)60(91)74-44(51(63)82)29-38-17-7-3-8-18-38)70-58(89)48(33-80)77-54(85)43(26-16-28-69-62(66)67)72-56(87)46(31-40-21-11-5-12-22-40)76-57(88)47(32-41-23-13-6-14-24-41)75-53(84)42(25-15-27-68-61(64)65)73-59(90)50(35-93)79-55(86)45(71-37(2)81)30-39-19-9-4-10-20-39/h3-14,17-24,36,42-50,80,92-93H,15-16,25-35H2,1-2H3,(H2,63,82)(H,70,89)(H,71,81)(H,72,87)(H,73,90)(H,74,91)(H,75,84)(H,76,88)(H,77,85)(H,78,83)(H,79,86)(H4,64,65,68)(H4,66,67,69)/t36-,42-,43-,44-,45-,46-,47-,48-,49-,50-/m0/s1. The molecule has 0 bridgehead atoms. The highest BCUT2D eigenvalue weighted by Gasteiger charge is 2.35. The van der Waals surface area contributed by atoms with Gasteiger partial charge in [0.1, 0.15) is 60.4 Å². The third-order valence-corrected chi connectivity index (χ3v) is 14.9. The molecule has 0 aliphatic rings. The number of nitrogens with two attached hydrogens (primary N) is 3. The maximum atomic E-state index is 14.9. The van der Waals surface area contributed by atoms with Gasteiger partial charge in [0.05, 0.1) is 6.61 Å². The number of rotatable bonds is 39. The van der Waals surface area contributed by atoms with E-state index >= 15 is 0 Å². The van der Waals surface area contributed by atoms with Crippen LogP contribution in [0.15, 0.2) is 121 Å². The zero-order valence-corrected chi connectivity index (χ0v) is 53.4. The summed E-state index contributed by atoms with van der Waals surface area (Å²) >= 11 is 8.50. The number of benzene rings is 4. The van der Waals surface area contributed by atoms with Gasteiger partial charge in [-0.2, -0.15) is 25.3 Å². The molecule has 4 aromatic carbocycles. The van der Waals surface area contributed by atoms with Gasteiger partial charge in [-0.3, -0.25) is 63.6 Å². The average molecular weight is 1320 g/mol. The number of thiol groups is 2. The van der Waals surface area contributed by atoms with Crippen LogP contribution in [0, 0.1) is 10.8 Å². The Bertz CT molecular complexity index is 3160. The van der Waals surface area contributed by atoms with Gasteiger partial charge in [-0.1, -0.05) is 121 Å². The molecule has 93 heavy (non-hydrogen) atoms. The highest BCUT2D eigenvalue weighted by atomic mass is 32.1. The van der Waals surface area contributed by atoms with E-state index in [9.17, 15) is 57.8 Å². The second kappa shape index (κ2) is 40.2. The van der Waals surface area contributed by atoms with Gasteiger partial charge in [-0.25, -0.2) is 0 Å². The van der Waals surface area contributed by atoms with Gasteiger partial charge in [0.2, 0.25) is 65.0 Å². The van der Waals surface area contributed by atoms with Crippen LogP contribution >= 0.6 is 25.3 Å². The molecule has 0 aliphatic carbocycles. The van der Waals surface area contributed by atoms with Crippen LogP contribution < -0.4 is 81.0 Å². The van der Waals surface area contributed by atoms with Crippen LogP contribution in [0.5, 0.6) is 0 Å². The van der Waals surface area contributed by atoms with Crippen LogP contribution in [-0.4, -0.2) is 174 Å². The molecule has 0 radical (unpaired) electrons. The third kappa shape index (κ3) is 27.7. The summed E-state index contributed by atoms with van der Waals surface area (Å²) in [6.45, 7) is 1.60. The second-order valence-electron chi connectivity index (χ2n) is 21.6. The fraction of sp³-hybridized carbons (Fsp3) is 0.403. The summed E-state index contributed by atoms with van der Waals surface area (Å²) in [5.74, 6) is -10.6. The van der Waals surface area contributed by atoms with Crippen LogP contribution in [-0.2, 0) is 78.4 Å². The molecule has 0 spiro atoms. The maximum Gasteiger partial charge on any atom is 0.245 e. The molecule has 0 heterocycles. The van der Waals surface area contributed by atoms with Gasteiger partial charge in [0, 0.05) is 57.2 Å². The SMILES string of the molecule is CC(=O)N[C@@H](Cc1ccccc1)C(=O)N[C@@H](CS)C(=O)N[C@@H](CCCNC(=N)N)C(=O)N[C@@H](Cc1ccccc1)C(=O)N[C@@H](Cc1ccccc1)C(=O)N[C@@H](CCCNC(=N)N)C(=O)N[C@@H](CO)C(=O)N[C@@H](C)C(=O)N[C@@H](CS)C(=O)N[C@@H](Cc1ccccc1)C(N)=O. The Morgan fingerprint density at radius 3 is 0.978 bits per heavy atom. The van der Waals surface area contributed by atoms with E-state index in [1.807, 2.05) is 0 Å². The first-order valence-corrected chi connectivity index (χ1v) is 31.1. The van der Waals surface area contributed by atoms with Gasteiger partial charge in [-0.15, -0.1) is 0 Å². The summed E-state index contributed by atoms with van der Waals surface area (Å²) in [6, 6.07) is 20.6. The van der Waals surface area contributed by atoms with Crippen molar-refractivity contribution in [2.75, 3.05) is 31.2 Å². The van der Waals surface area contributed by atoms with E-state index in [0.29, 0.717) is 16.7 Å². The fourth-order valence-electron chi connectivity index (χ4n) is 9.26. The summed E-state index contributed by atoms with van der Waals surface area (Å²) in [5.41, 5.74) is 19.1. The Labute approximate surface area is 549 Å². The lowest BCUT2D eigenvalue weighted by Gasteiger charge is -2.28. The highest BCUT2D eigenvalue weighted by molar-refractivity contribution is 7.80. The molecule has 0 aromatic heterocycles. The van der Waals surface area contributed by atoms with E-state index in [0.717, 1.165) is 5.56 Å². The predicted molar refractivity (Wildman–Crippen MR) is 354 cm³/mol. The Balaban J connectivity index is 1.58. The molecule has 0 unspecified atom stereocenters. The topological polar surface area (TPSA) is 478 Å². The largest absolute Gasteiger partial charge is 0.394 e. The molecule has 0 saturated carbocycles. The van der Waals surface area contributed by atoms with Crippen LogP contribution in [0.1, 0.15) is 61.8 Å². The highest BCUT2D eigenvalue weighted by Crippen LogP contribution is 2.12. The predicted octanol–water partition coefficient (Wildman–Crippen LogP) is -3.29. The Morgan fingerprint density at radius 2 is 0.656 bits per heavy atom. The number of aliphatic hydroxyl groups is 1. The lowest BCUT2D eigenvalue weighted by Crippen LogP contribution is -2.61. The summed E-state index contributed by atoms with van der Waals surface area (Å²) in [5, 5.41) is 56.6. The monoisotopic (exact) mass is 1320 g/mol. The van der Waals surface area contributed by atoms with E-state index in [2.05, 4.69) is 89.1 Å². The molecule has 29 nitrogen and oxygen atoms in total. The van der Waals surface area contributed by atoms with E-state index in [1.165, 1.54) is 13.8 Å². The number of aliphatic hydroxyl groups excluding tert-OH is 1. The molecule has 0 aliphatic heterocycles. The van der Waals surface area contributed by atoms with Gasteiger partial charge in [-0.05, 0) is 54.9 Å². The van der Waals surface area contributed by atoms with Gasteiger partial charge in [0.25, 0.3) is 0 Å². The van der Waals surface area contributed by atoms with Crippen LogP contribution in [0.2, 0.25) is 0 Å². The zero-order valence-electron chi connectivity index (χ0n) is 51.6. The van der Waals surface area contributed by atoms with Crippen molar-refractivity contribution in [3.8, 4) is 0 Å². The summed E-state index contributed by atoms with van der Waals surface area (Å²) in [4.78, 5) is 151. The smallest absolute Gasteiger partial charge is 0.245 e. The van der Waals surface area contributed by atoms with Crippen LogP contribution in [0.3, 0.4) is 0 Å². The lowest BCUT2D eigenvalue weighted by molar-refractivity contribution is -0.136. The number of amides is 11. The number of carbonyl (C=O) groups excluding carboxylic acids is 11. The first kappa shape index (κ1) is 75.7. The molecular formula is C62H85N17O12S2. The second-order valence-corrected chi connectivity index (χ2v) is 22.4. The minimum atomic E-state index is -1.74. The molecular weight excluding hydrogens is 1240 g/mol. The zero-order chi connectivity index (χ0) is 68.4. The number of primary amides is 1. The molecule has 4 rings (SSSR count). The molecule has 11 amide bonds. The van der Waals surface area contributed by atoms with E-state index < -0.39 is 138 Å². The Hall–Kier alpha value is -9.75. The molecule has 10 atom stereocenters. The van der Waals surface area contributed by atoms with Crippen molar-refractivity contribution >= 4 is 102 Å². The van der Waals surface area contributed by atoms with Crippen molar-refractivity contribution in [3.05, 3.63) is 144 Å². The molecule has 0 saturated heterocycles. The van der Waals surface area contributed by atoms with E-state index in [-0.39, 0.29) is 81.9 Å². The molecule has 0 fully saturated rings. The van der Waals surface area contributed by atoms with Gasteiger partial charge >= 0.3 is 0 Å². The molecule has 21 N–H and O–H groups in total. The van der Waals surface area contributed by atoms with Crippen LogP contribution in [0.4, 0.5) is 0 Å². The van der Waals surface area contributed by atoms with Crippen LogP contribution in [0.25, 0.3) is 0 Å². The lowest BCUT2D eigenvalue weighted by atomic mass is 10.0. The van der Waals surface area contributed by atoms with Crippen molar-refractivity contribution in [1.82, 2.24) is 63.8 Å². The van der Waals surface area contributed by atoms with Gasteiger partial charge in [0.15, 0.2) is 11.9 Å². The molecule has 502 valence electrons. The minimum Gasteiger partial charge on any atom is -0.394 e. The first-order chi connectivity index (χ1) is 44.4. The summed E-state index contributed by atoms with van der Waals surface area (Å²) < 4.78 is 0. The molecule has 31 heteroatoms. The number of carbonyl (C=O) groups is 11. The number of hydrogen-bond acceptors (Lipinski definition) is 16. The molecule has 4 aromatic rings. The summed E-state index contributed by atoms with van der Waals surface area (Å²) in [7, 11) is 0. The van der Waals surface area contributed by atoms with E-state index in [1.54, 1.807) is 121 Å². The number of nitrogens with one attached hydrogen (secondary N) is 14. The number of guanidine groups is 2. The minimum absolute atomic E-state index is 0.0323. The van der Waals surface area contributed by atoms with Crippen molar-refractivity contribution in [1.29, 1.82) is 10.8 Å². The Kier molecular flexibility index (Phi) is 32.7. The van der Waals surface area contributed by atoms with Crippen molar-refractivity contribution in [3.63, 3.8) is 0 Å². The first-order valence-electron chi connectivity index (χ1n) is 29.8. The Morgan fingerprint density at radius 1 is 0.387 bits per heavy atom. The third-order valence-electron chi connectivity index (χ3n) is 14.2. The van der Waals surface area contributed by atoms with E-state index in [4.69, 9.17) is 28.0 Å². The normalized spacial score (nSPS) is 14.0. The summed E-state index contributed by atoms with van der Waals surface area (Å²) in [6.07, 6.45) is -0.273. The van der Waals surface area contributed by atoms with Gasteiger partial charge < -0.3 is 86.1 Å². The number of hydrogen-bond donors (Lipinski definition) is 20.